The number of imidazole rings is 1. The number of rotatable bonds is 3. The van der Waals surface area contributed by atoms with E-state index in [4.69, 9.17) is 0 Å². The Hall–Kier alpha value is -1.61. The topological polar surface area (TPSA) is 29.9 Å². The van der Waals surface area contributed by atoms with E-state index < -0.39 is 0 Å². The number of benzene rings is 1. The van der Waals surface area contributed by atoms with Crippen LogP contribution >= 0.6 is 0 Å². The molecule has 3 heteroatoms. The van der Waals surface area contributed by atoms with Crippen molar-refractivity contribution in [3.8, 4) is 5.69 Å². The molecule has 0 aliphatic carbocycles. The van der Waals surface area contributed by atoms with Gasteiger partial charge in [0.2, 0.25) is 0 Å². The smallest absolute Gasteiger partial charge is 0.0991 e. The summed E-state index contributed by atoms with van der Waals surface area (Å²) in [7, 11) is 0. The maximum atomic E-state index is 4.10. The van der Waals surface area contributed by atoms with Gasteiger partial charge in [0.25, 0.3) is 0 Å². The Morgan fingerprint density at radius 1 is 1.28 bits per heavy atom. The third kappa shape index (κ3) is 2.62. The highest BCUT2D eigenvalue weighted by Gasteiger charge is 2.13. The minimum atomic E-state index is 0.837. The van der Waals surface area contributed by atoms with Crippen LogP contribution in [-0.4, -0.2) is 22.6 Å². The first-order valence-corrected chi connectivity index (χ1v) is 6.70. The second-order valence-corrected chi connectivity index (χ2v) is 5.04. The molecule has 3 rings (SSSR count). The number of nitrogens with one attached hydrogen (secondary N) is 1. The average molecular weight is 241 g/mol. The third-order valence-electron chi connectivity index (χ3n) is 3.70. The van der Waals surface area contributed by atoms with Gasteiger partial charge in [-0.25, -0.2) is 4.98 Å². The van der Waals surface area contributed by atoms with Gasteiger partial charge in [-0.3, -0.25) is 0 Å². The number of piperidine rings is 1. The summed E-state index contributed by atoms with van der Waals surface area (Å²) in [5.41, 5.74) is 2.65. The predicted molar refractivity (Wildman–Crippen MR) is 72.9 cm³/mol. The van der Waals surface area contributed by atoms with Gasteiger partial charge in [0.1, 0.15) is 0 Å². The van der Waals surface area contributed by atoms with E-state index in [1.807, 2.05) is 18.7 Å². The molecule has 1 aromatic heterocycles. The third-order valence-corrected chi connectivity index (χ3v) is 3.70. The van der Waals surface area contributed by atoms with Crippen molar-refractivity contribution in [3.05, 3.63) is 48.5 Å². The van der Waals surface area contributed by atoms with Gasteiger partial charge < -0.3 is 9.88 Å². The van der Waals surface area contributed by atoms with E-state index in [1.54, 1.807) is 0 Å². The minimum absolute atomic E-state index is 0.837. The van der Waals surface area contributed by atoms with Crippen molar-refractivity contribution >= 4 is 0 Å². The predicted octanol–water partition coefficient (Wildman–Crippen LogP) is 2.41. The standard InChI is InChI=1S/C15H19N3/c1-2-14(10-13-4-6-16-7-5-13)11-15(3-1)18-9-8-17-12-18/h1-3,8-9,11-13,16H,4-7,10H2. The van der Waals surface area contributed by atoms with Crippen LogP contribution in [0.1, 0.15) is 18.4 Å². The van der Waals surface area contributed by atoms with Gasteiger partial charge in [0, 0.05) is 18.1 Å². The van der Waals surface area contributed by atoms with E-state index in [2.05, 4.69) is 39.1 Å². The zero-order chi connectivity index (χ0) is 12.2. The molecule has 1 N–H and O–H groups in total. The first kappa shape index (κ1) is 11.5. The highest BCUT2D eigenvalue weighted by molar-refractivity contribution is 5.36. The highest BCUT2D eigenvalue weighted by Crippen LogP contribution is 2.19. The molecule has 0 saturated carbocycles. The van der Waals surface area contributed by atoms with Crippen molar-refractivity contribution in [1.29, 1.82) is 0 Å². The molecule has 1 aromatic carbocycles. The van der Waals surface area contributed by atoms with E-state index in [9.17, 15) is 0 Å². The fourth-order valence-electron chi connectivity index (χ4n) is 2.68. The molecule has 0 bridgehead atoms. The Balaban J connectivity index is 1.74. The SMILES string of the molecule is c1cc(CC2CCNCC2)cc(-n2ccnc2)c1. The number of hydrogen-bond acceptors (Lipinski definition) is 2. The summed E-state index contributed by atoms with van der Waals surface area (Å²) in [6.45, 7) is 2.34. The van der Waals surface area contributed by atoms with Crippen LogP contribution in [0.15, 0.2) is 43.0 Å². The molecule has 0 radical (unpaired) electrons. The summed E-state index contributed by atoms with van der Waals surface area (Å²) in [6.07, 6.45) is 9.46. The molecule has 1 aliphatic heterocycles. The Morgan fingerprint density at radius 3 is 2.94 bits per heavy atom. The van der Waals surface area contributed by atoms with Crippen LogP contribution in [0, 0.1) is 5.92 Å². The summed E-state index contributed by atoms with van der Waals surface area (Å²) in [4.78, 5) is 4.10. The van der Waals surface area contributed by atoms with E-state index in [-0.39, 0.29) is 0 Å². The maximum absolute atomic E-state index is 4.10. The molecular weight excluding hydrogens is 222 g/mol. The van der Waals surface area contributed by atoms with Crippen LogP contribution < -0.4 is 5.32 Å². The monoisotopic (exact) mass is 241 g/mol. The lowest BCUT2D eigenvalue weighted by molar-refractivity contribution is 0.372. The molecule has 0 spiro atoms. The number of hydrogen-bond donors (Lipinski definition) is 1. The molecule has 3 nitrogen and oxygen atoms in total. The summed E-state index contributed by atoms with van der Waals surface area (Å²) in [6, 6.07) is 8.80. The van der Waals surface area contributed by atoms with Crippen LogP contribution in [0.25, 0.3) is 5.69 Å². The van der Waals surface area contributed by atoms with Gasteiger partial charge in [0.15, 0.2) is 0 Å². The summed E-state index contributed by atoms with van der Waals surface area (Å²) in [5.74, 6) is 0.837. The normalized spacial score (nSPS) is 16.9. The number of aromatic nitrogens is 2. The second-order valence-electron chi connectivity index (χ2n) is 5.04. The van der Waals surface area contributed by atoms with E-state index in [0.717, 1.165) is 5.92 Å². The van der Waals surface area contributed by atoms with Crippen LogP contribution in [0.3, 0.4) is 0 Å². The van der Waals surface area contributed by atoms with Crippen molar-refractivity contribution in [2.45, 2.75) is 19.3 Å². The van der Waals surface area contributed by atoms with Crippen molar-refractivity contribution in [2.75, 3.05) is 13.1 Å². The lowest BCUT2D eigenvalue weighted by Gasteiger charge is -2.22. The Kier molecular flexibility index (Phi) is 3.42. The van der Waals surface area contributed by atoms with Crippen molar-refractivity contribution in [3.63, 3.8) is 0 Å². The first-order chi connectivity index (χ1) is 8.92. The van der Waals surface area contributed by atoms with E-state index >= 15 is 0 Å². The molecule has 0 unspecified atom stereocenters. The minimum Gasteiger partial charge on any atom is -0.317 e. The van der Waals surface area contributed by atoms with Gasteiger partial charge in [0.05, 0.1) is 6.33 Å². The Morgan fingerprint density at radius 2 is 2.17 bits per heavy atom. The molecule has 1 aliphatic rings. The molecular formula is C15H19N3. The van der Waals surface area contributed by atoms with E-state index in [1.165, 1.54) is 43.6 Å². The zero-order valence-electron chi connectivity index (χ0n) is 10.5. The van der Waals surface area contributed by atoms with Crippen molar-refractivity contribution in [1.82, 2.24) is 14.9 Å². The molecule has 1 fully saturated rings. The molecule has 1 saturated heterocycles. The molecule has 2 heterocycles. The molecule has 94 valence electrons. The Labute approximate surface area is 108 Å². The summed E-state index contributed by atoms with van der Waals surface area (Å²) >= 11 is 0. The van der Waals surface area contributed by atoms with Crippen LogP contribution in [0.4, 0.5) is 0 Å². The van der Waals surface area contributed by atoms with Gasteiger partial charge in [-0.2, -0.15) is 0 Å². The lowest BCUT2D eigenvalue weighted by atomic mass is 9.91. The number of nitrogens with zero attached hydrogens (tertiary/aromatic N) is 2. The molecule has 0 atom stereocenters. The summed E-state index contributed by atoms with van der Waals surface area (Å²) < 4.78 is 2.06. The second kappa shape index (κ2) is 5.36. The first-order valence-electron chi connectivity index (χ1n) is 6.70. The van der Waals surface area contributed by atoms with Crippen LogP contribution in [0.5, 0.6) is 0 Å². The zero-order valence-corrected chi connectivity index (χ0v) is 10.5. The largest absolute Gasteiger partial charge is 0.317 e. The average Bonchev–Trinajstić information content (AvgIpc) is 2.94. The Bertz CT molecular complexity index is 484. The van der Waals surface area contributed by atoms with Gasteiger partial charge in [-0.15, -0.1) is 0 Å². The van der Waals surface area contributed by atoms with Crippen molar-refractivity contribution in [2.24, 2.45) is 5.92 Å². The van der Waals surface area contributed by atoms with Gasteiger partial charge in [-0.05, 0) is 56.0 Å². The molecule has 2 aromatic rings. The summed E-state index contributed by atoms with van der Waals surface area (Å²) in [5, 5.41) is 3.42. The van der Waals surface area contributed by atoms with Crippen LogP contribution in [0.2, 0.25) is 0 Å². The van der Waals surface area contributed by atoms with E-state index in [0.29, 0.717) is 0 Å². The molecule has 0 amide bonds. The fraction of sp³-hybridized carbons (Fsp3) is 0.400. The van der Waals surface area contributed by atoms with Crippen molar-refractivity contribution < 1.29 is 0 Å². The van der Waals surface area contributed by atoms with Crippen LogP contribution in [-0.2, 0) is 6.42 Å². The fourth-order valence-corrected chi connectivity index (χ4v) is 2.68. The van der Waals surface area contributed by atoms with Gasteiger partial charge >= 0.3 is 0 Å². The lowest BCUT2D eigenvalue weighted by Crippen LogP contribution is -2.28. The molecule has 18 heavy (non-hydrogen) atoms. The van der Waals surface area contributed by atoms with Gasteiger partial charge in [-0.1, -0.05) is 12.1 Å². The quantitative estimate of drug-likeness (QED) is 0.894. The highest BCUT2D eigenvalue weighted by atomic mass is 15.0. The maximum Gasteiger partial charge on any atom is 0.0991 e.